The van der Waals surface area contributed by atoms with Gasteiger partial charge < -0.3 is 15.2 Å². The van der Waals surface area contributed by atoms with Gasteiger partial charge >= 0.3 is 0 Å². The van der Waals surface area contributed by atoms with Crippen molar-refractivity contribution in [3.05, 3.63) is 42.5 Å². The van der Waals surface area contributed by atoms with Crippen molar-refractivity contribution in [2.24, 2.45) is 0 Å². The standard InChI is InChI=1S/C18H24N4/c1-4-10-22(11-5-1)17-7-3-2-6-16(17)21-15-12-14(13-15)18-19-8-9-20-18/h2-3,6-9,14-15,21H,1,4-5,10-13H2,(H,19,20). The number of nitrogens with one attached hydrogen (secondary N) is 2. The molecule has 4 heteroatoms. The highest BCUT2D eigenvalue weighted by Crippen LogP contribution is 2.38. The predicted molar refractivity (Wildman–Crippen MR) is 90.5 cm³/mol. The number of benzene rings is 1. The number of imidazole rings is 1. The first-order valence-corrected chi connectivity index (χ1v) is 8.50. The van der Waals surface area contributed by atoms with Crippen LogP contribution >= 0.6 is 0 Å². The Labute approximate surface area is 131 Å². The summed E-state index contributed by atoms with van der Waals surface area (Å²) >= 11 is 0. The third-order valence-corrected chi connectivity index (χ3v) is 5.00. The fraction of sp³-hybridized carbons (Fsp3) is 0.500. The quantitative estimate of drug-likeness (QED) is 0.903. The lowest BCUT2D eigenvalue weighted by Gasteiger charge is -2.37. The summed E-state index contributed by atoms with van der Waals surface area (Å²) < 4.78 is 0. The van der Waals surface area contributed by atoms with Crippen LogP contribution in [0.5, 0.6) is 0 Å². The van der Waals surface area contributed by atoms with Crippen LogP contribution in [0, 0.1) is 0 Å². The second kappa shape index (κ2) is 6.03. The number of hydrogen-bond donors (Lipinski definition) is 2. The number of piperidine rings is 1. The average molecular weight is 296 g/mol. The Morgan fingerprint density at radius 1 is 1.09 bits per heavy atom. The number of rotatable bonds is 4. The molecule has 2 aromatic rings. The molecule has 1 aromatic heterocycles. The molecule has 0 unspecified atom stereocenters. The molecule has 2 aliphatic rings. The molecule has 0 radical (unpaired) electrons. The van der Waals surface area contributed by atoms with E-state index in [2.05, 4.69) is 44.5 Å². The molecular formula is C18H24N4. The smallest absolute Gasteiger partial charge is 0.109 e. The molecule has 2 heterocycles. The van der Waals surface area contributed by atoms with E-state index < -0.39 is 0 Å². The minimum absolute atomic E-state index is 0.570. The Hall–Kier alpha value is -1.97. The first kappa shape index (κ1) is 13.7. The molecule has 1 aromatic carbocycles. The summed E-state index contributed by atoms with van der Waals surface area (Å²) in [6.07, 6.45) is 10.1. The van der Waals surface area contributed by atoms with Gasteiger partial charge in [0.2, 0.25) is 0 Å². The van der Waals surface area contributed by atoms with Crippen LogP contribution in [-0.4, -0.2) is 29.1 Å². The number of aromatic amines is 1. The molecule has 0 atom stereocenters. The van der Waals surface area contributed by atoms with Gasteiger partial charge in [0.15, 0.2) is 0 Å². The Morgan fingerprint density at radius 3 is 2.68 bits per heavy atom. The highest BCUT2D eigenvalue weighted by atomic mass is 15.2. The van der Waals surface area contributed by atoms with Gasteiger partial charge in [-0.2, -0.15) is 0 Å². The fourth-order valence-corrected chi connectivity index (χ4v) is 3.69. The van der Waals surface area contributed by atoms with Crippen molar-refractivity contribution < 1.29 is 0 Å². The van der Waals surface area contributed by atoms with E-state index >= 15 is 0 Å². The molecule has 116 valence electrons. The molecule has 1 saturated carbocycles. The van der Waals surface area contributed by atoms with E-state index in [0.717, 1.165) is 5.82 Å². The van der Waals surface area contributed by atoms with Crippen LogP contribution < -0.4 is 10.2 Å². The van der Waals surface area contributed by atoms with Crippen LogP contribution in [0.2, 0.25) is 0 Å². The lowest BCUT2D eigenvalue weighted by Crippen LogP contribution is -2.36. The van der Waals surface area contributed by atoms with Gasteiger partial charge in [-0.1, -0.05) is 12.1 Å². The lowest BCUT2D eigenvalue weighted by molar-refractivity contribution is 0.361. The van der Waals surface area contributed by atoms with Crippen molar-refractivity contribution >= 4 is 11.4 Å². The zero-order valence-electron chi connectivity index (χ0n) is 13.0. The normalized spacial score (nSPS) is 24.8. The molecular weight excluding hydrogens is 272 g/mol. The summed E-state index contributed by atoms with van der Waals surface area (Å²) in [5.74, 6) is 1.73. The summed E-state index contributed by atoms with van der Waals surface area (Å²) in [5.41, 5.74) is 2.68. The molecule has 1 aliphatic heterocycles. The molecule has 4 rings (SSSR count). The molecule has 22 heavy (non-hydrogen) atoms. The Bertz CT molecular complexity index is 595. The van der Waals surface area contributed by atoms with Gasteiger partial charge in [-0.15, -0.1) is 0 Å². The molecule has 4 nitrogen and oxygen atoms in total. The van der Waals surface area contributed by atoms with E-state index in [-0.39, 0.29) is 0 Å². The second-order valence-electron chi connectivity index (χ2n) is 6.55. The van der Waals surface area contributed by atoms with Crippen LogP contribution in [-0.2, 0) is 0 Å². The summed E-state index contributed by atoms with van der Waals surface area (Å²) in [7, 11) is 0. The number of anilines is 2. The van der Waals surface area contributed by atoms with Gasteiger partial charge in [-0.05, 0) is 44.2 Å². The monoisotopic (exact) mass is 296 g/mol. The third-order valence-electron chi connectivity index (χ3n) is 5.00. The van der Waals surface area contributed by atoms with E-state index in [0.29, 0.717) is 12.0 Å². The van der Waals surface area contributed by atoms with Crippen molar-refractivity contribution in [1.82, 2.24) is 9.97 Å². The lowest BCUT2D eigenvalue weighted by atomic mass is 9.79. The summed E-state index contributed by atoms with van der Waals surface area (Å²) in [5, 5.41) is 3.75. The molecule has 1 aliphatic carbocycles. The van der Waals surface area contributed by atoms with Crippen LogP contribution in [0.4, 0.5) is 11.4 Å². The first-order chi connectivity index (χ1) is 10.9. The number of nitrogens with zero attached hydrogens (tertiary/aromatic N) is 2. The van der Waals surface area contributed by atoms with Crippen molar-refractivity contribution in [3.8, 4) is 0 Å². The van der Waals surface area contributed by atoms with Gasteiger partial charge in [0.1, 0.15) is 5.82 Å². The SMILES string of the molecule is c1ccc(N2CCCCC2)c(NC2CC(c3ncc[nH]3)C2)c1. The number of para-hydroxylation sites is 2. The molecule has 2 N–H and O–H groups in total. The van der Waals surface area contributed by atoms with Crippen LogP contribution in [0.25, 0.3) is 0 Å². The Balaban J connectivity index is 1.41. The molecule has 2 fully saturated rings. The summed E-state index contributed by atoms with van der Waals surface area (Å²) in [4.78, 5) is 10.2. The van der Waals surface area contributed by atoms with E-state index in [1.165, 1.54) is 56.6 Å². The van der Waals surface area contributed by atoms with Gasteiger partial charge in [-0.25, -0.2) is 4.98 Å². The maximum atomic E-state index is 4.38. The van der Waals surface area contributed by atoms with E-state index in [1.54, 1.807) is 0 Å². The third kappa shape index (κ3) is 2.70. The molecule has 0 spiro atoms. The number of aromatic nitrogens is 2. The van der Waals surface area contributed by atoms with Crippen molar-refractivity contribution in [2.45, 2.75) is 44.1 Å². The van der Waals surface area contributed by atoms with Crippen LogP contribution in [0.3, 0.4) is 0 Å². The molecule has 0 amide bonds. The highest BCUT2D eigenvalue weighted by Gasteiger charge is 2.32. The number of hydrogen-bond acceptors (Lipinski definition) is 3. The topological polar surface area (TPSA) is 44.0 Å². The summed E-state index contributed by atoms with van der Waals surface area (Å²) in [6.45, 7) is 2.39. The molecule has 1 saturated heterocycles. The highest BCUT2D eigenvalue weighted by molar-refractivity contribution is 5.70. The molecule has 0 bridgehead atoms. The predicted octanol–water partition coefficient (Wildman–Crippen LogP) is 3.76. The van der Waals surface area contributed by atoms with E-state index in [9.17, 15) is 0 Å². The maximum Gasteiger partial charge on any atom is 0.109 e. The minimum Gasteiger partial charge on any atom is -0.381 e. The first-order valence-electron chi connectivity index (χ1n) is 8.50. The van der Waals surface area contributed by atoms with Gasteiger partial charge in [0.25, 0.3) is 0 Å². The van der Waals surface area contributed by atoms with Gasteiger partial charge in [-0.3, -0.25) is 0 Å². The van der Waals surface area contributed by atoms with Crippen LogP contribution in [0.1, 0.15) is 43.8 Å². The minimum atomic E-state index is 0.570. The van der Waals surface area contributed by atoms with Crippen LogP contribution in [0.15, 0.2) is 36.7 Å². The van der Waals surface area contributed by atoms with Gasteiger partial charge in [0.05, 0.1) is 11.4 Å². The number of H-pyrrole nitrogens is 1. The zero-order chi connectivity index (χ0) is 14.8. The van der Waals surface area contributed by atoms with E-state index in [4.69, 9.17) is 0 Å². The van der Waals surface area contributed by atoms with Crippen molar-refractivity contribution in [2.75, 3.05) is 23.3 Å². The maximum absolute atomic E-state index is 4.38. The van der Waals surface area contributed by atoms with E-state index in [1.807, 2.05) is 12.4 Å². The summed E-state index contributed by atoms with van der Waals surface area (Å²) in [6, 6.07) is 9.35. The second-order valence-corrected chi connectivity index (χ2v) is 6.55. The fourth-order valence-electron chi connectivity index (χ4n) is 3.69. The average Bonchev–Trinajstić information content (AvgIpc) is 3.05. The Kier molecular flexibility index (Phi) is 3.75. The largest absolute Gasteiger partial charge is 0.381 e. The van der Waals surface area contributed by atoms with Gasteiger partial charge in [0, 0.05) is 37.4 Å². The Morgan fingerprint density at radius 2 is 1.91 bits per heavy atom. The van der Waals surface area contributed by atoms with Crippen molar-refractivity contribution in [3.63, 3.8) is 0 Å². The van der Waals surface area contributed by atoms with Crippen molar-refractivity contribution in [1.29, 1.82) is 0 Å². The zero-order valence-corrected chi connectivity index (χ0v) is 13.0.